The van der Waals surface area contributed by atoms with Gasteiger partial charge >= 0.3 is 0 Å². The normalized spacial score (nSPS) is 20.0. The summed E-state index contributed by atoms with van der Waals surface area (Å²) in [7, 11) is 2.21. The Labute approximate surface area is 220 Å². The van der Waals surface area contributed by atoms with Gasteiger partial charge in [-0.2, -0.15) is 4.98 Å². The minimum Gasteiger partial charge on any atom is -0.473 e. The van der Waals surface area contributed by atoms with Crippen molar-refractivity contribution in [2.45, 2.75) is 64.5 Å². The molecule has 3 fully saturated rings. The Hall–Kier alpha value is -2.91. The monoisotopic (exact) mass is 507 g/mol. The molecule has 3 N–H and O–H groups in total. The molecule has 2 saturated heterocycles. The van der Waals surface area contributed by atoms with Crippen LogP contribution in [0.25, 0.3) is 0 Å². The van der Waals surface area contributed by atoms with E-state index in [1.807, 2.05) is 13.0 Å². The van der Waals surface area contributed by atoms with Gasteiger partial charge < -0.3 is 25.6 Å². The van der Waals surface area contributed by atoms with E-state index in [-0.39, 0.29) is 11.8 Å². The van der Waals surface area contributed by atoms with E-state index in [2.05, 4.69) is 56.1 Å². The molecule has 1 saturated carbocycles. The number of hydrogen-bond acceptors (Lipinski definition) is 8. The lowest BCUT2D eigenvalue weighted by atomic mass is 9.96. The van der Waals surface area contributed by atoms with Crippen molar-refractivity contribution in [1.29, 1.82) is 0 Å². The fraction of sp³-hybridized carbons (Fsp3) is 0.607. The maximum Gasteiger partial charge on any atom is 0.271 e. The van der Waals surface area contributed by atoms with Gasteiger partial charge in [-0.05, 0) is 76.3 Å². The molecule has 0 atom stereocenters. The van der Waals surface area contributed by atoms with Crippen molar-refractivity contribution in [3.63, 3.8) is 0 Å². The number of carbonyl (C=O) groups is 1. The van der Waals surface area contributed by atoms with Crippen molar-refractivity contribution < 1.29 is 9.53 Å². The predicted molar refractivity (Wildman–Crippen MR) is 147 cm³/mol. The second-order valence-corrected chi connectivity index (χ2v) is 10.7. The Morgan fingerprint density at radius 3 is 2.41 bits per heavy atom. The lowest BCUT2D eigenvalue weighted by molar-refractivity contribution is 0.0982. The first-order valence-corrected chi connectivity index (χ1v) is 13.8. The van der Waals surface area contributed by atoms with Gasteiger partial charge in [0, 0.05) is 56.7 Å². The number of hydrogen-bond donors (Lipinski definition) is 2. The van der Waals surface area contributed by atoms with E-state index < -0.39 is 5.91 Å². The smallest absolute Gasteiger partial charge is 0.271 e. The Balaban J connectivity index is 1.28. The number of nitrogens with two attached hydrogens (primary N) is 1. The maximum atomic E-state index is 12.2. The topological polar surface area (TPSA) is 99.8 Å². The molecule has 3 heterocycles. The largest absolute Gasteiger partial charge is 0.473 e. The first-order valence-electron chi connectivity index (χ1n) is 13.8. The molecular formula is C28H41N7O2. The standard InChI is InChI=1S/C28H41N7O2/c1-4-23-28(37-22-6-5-7-22)32-27(25(31-23)26(29)36)30-20-8-9-24(19(2)18-20)35-12-10-21(11-13-35)34-16-14-33(3)15-17-34/h8-9,18,21-22H,4-7,10-17H2,1-3H3,(H2,29,36)(H,30,32). The molecule has 0 radical (unpaired) electrons. The second kappa shape index (κ2) is 11.2. The number of rotatable bonds is 8. The number of carbonyl (C=O) groups excluding carboxylic acids is 1. The Kier molecular flexibility index (Phi) is 7.81. The number of piperidine rings is 1. The van der Waals surface area contributed by atoms with Gasteiger partial charge in [0.05, 0.1) is 0 Å². The molecular weight excluding hydrogens is 466 g/mol. The highest BCUT2D eigenvalue weighted by molar-refractivity contribution is 5.96. The fourth-order valence-corrected chi connectivity index (χ4v) is 5.57. The Morgan fingerprint density at radius 1 is 1.08 bits per heavy atom. The van der Waals surface area contributed by atoms with Crippen molar-refractivity contribution in [3.05, 3.63) is 35.2 Å². The zero-order valence-corrected chi connectivity index (χ0v) is 22.5. The molecule has 2 aromatic rings. The van der Waals surface area contributed by atoms with Gasteiger partial charge in [-0.3, -0.25) is 9.69 Å². The summed E-state index contributed by atoms with van der Waals surface area (Å²) in [6.07, 6.45) is 6.42. The first kappa shape index (κ1) is 25.7. The number of likely N-dealkylation sites (N-methyl/N-ethyl adjacent to an activating group) is 1. The van der Waals surface area contributed by atoms with E-state index in [1.54, 1.807) is 0 Å². The third-order valence-electron chi connectivity index (χ3n) is 8.15. The van der Waals surface area contributed by atoms with E-state index >= 15 is 0 Å². The van der Waals surface area contributed by atoms with Gasteiger partial charge in [-0.1, -0.05) is 6.92 Å². The molecule has 0 unspecified atom stereocenters. The average molecular weight is 508 g/mol. The molecule has 0 spiro atoms. The third-order valence-corrected chi connectivity index (χ3v) is 8.15. The number of ether oxygens (including phenoxy) is 1. The van der Waals surface area contributed by atoms with Crippen LogP contribution in [0.2, 0.25) is 0 Å². The second-order valence-electron chi connectivity index (χ2n) is 10.7. The number of amides is 1. The van der Waals surface area contributed by atoms with E-state index in [9.17, 15) is 4.79 Å². The quantitative estimate of drug-likeness (QED) is 0.561. The highest BCUT2D eigenvalue weighted by Crippen LogP contribution is 2.31. The van der Waals surface area contributed by atoms with Crippen molar-refractivity contribution in [2.75, 3.05) is 56.5 Å². The zero-order valence-electron chi connectivity index (χ0n) is 22.5. The van der Waals surface area contributed by atoms with Crippen LogP contribution in [0.5, 0.6) is 5.88 Å². The van der Waals surface area contributed by atoms with Crippen molar-refractivity contribution in [1.82, 2.24) is 19.8 Å². The van der Waals surface area contributed by atoms with E-state index in [1.165, 1.54) is 56.7 Å². The number of nitrogens with zero attached hydrogens (tertiary/aromatic N) is 5. The van der Waals surface area contributed by atoms with Crippen LogP contribution < -0.4 is 20.7 Å². The van der Waals surface area contributed by atoms with Gasteiger partial charge in [0.15, 0.2) is 11.5 Å². The van der Waals surface area contributed by atoms with Gasteiger partial charge in [0.1, 0.15) is 11.8 Å². The van der Waals surface area contributed by atoms with Crippen LogP contribution in [0.15, 0.2) is 18.2 Å². The number of benzene rings is 1. The lowest BCUT2D eigenvalue weighted by Crippen LogP contribution is -2.52. The van der Waals surface area contributed by atoms with Crippen LogP contribution in [0, 0.1) is 6.92 Å². The summed E-state index contributed by atoms with van der Waals surface area (Å²) in [5.74, 6) is 0.242. The summed E-state index contributed by atoms with van der Waals surface area (Å²) in [5, 5.41) is 3.30. The van der Waals surface area contributed by atoms with Gasteiger partial charge in [0.2, 0.25) is 5.88 Å². The number of primary amides is 1. The first-order chi connectivity index (χ1) is 17.9. The summed E-state index contributed by atoms with van der Waals surface area (Å²) in [5.41, 5.74) is 9.78. The molecule has 37 heavy (non-hydrogen) atoms. The Morgan fingerprint density at radius 2 is 1.81 bits per heavy atom. The molecule has 200 valence electrons. The number of aromatic nitrogens is 2. The van der Waals surface area contributed by atoms with Crippen LogP contribution in [0.4, 0.5) is 17.2 Å². The number of piperazine rings is 1. The highest BCUT2D eigenvalue weighted by Gasteiger charge is 2.28. The number of aryl methyl sites for hydroxylation is 2. The average Bonchev–Trinajstić information content (AvgIpc) is 2.87. The molecule has 9 nitrogen and oxygen atoms in total. The SMILES string of the molecule is CCc1nc(C(N)=O)c(Nc2ccc(N3CCC(N4CCN(C)CC4)CC3)c(C)c2)nc1OC1CCC1. The molecule has 0 bridgehead atoms. The van der Waals surface area contributed by atoms with Crippen LogP contribution in [-0.4, -0.2) is 84.1 Å². The summed E-state index contributed by atoms with van der Waals surface area (Å²) in [4.78, 5) is 29.0. The summed E-state index contributed by atoms with van der Waals surface area (Å²) < 4.78 is 6.09. The summed E-state index contributed by atoms with van der Waals surface area (Å²) in [6, 6.07) is 7.01. The lowest BCUT2D eigenvalue weighted by Gasteiger charge is -2.43. The molecule has 1 amide bonds. The van der Waals surface area contributed by atoms with Crippen LogP contribution in [-0.2, 0) is 6.42 Å². The minimum atomic E-state index is -0.601. The van der Waals surface area contributed by atoms with E-state index in [4.69, 9.17) is 10.5 Å². The van der Waals surface area contributed by atoms with Gasteiger partial charge in [-0.25, -0.2) is 4.98 Å². The van der Waals surface area contributed by atoms with Crippen LogP contribution >= 0.6 is 0 Å². The molecule has 2 aliphatic heterocycles. The predicted octanol–water partition coefficient (Wildman–Crippen LogP) is 3.34. The molecule has 1 aliphatic carbocycles. The van der Waals surface area contributed by atoms with Crippen LogP contribution in [0.1, 0.15) is 60.8 Å². The molecule has 5 rings (SSSR count). The fourth-order valence-electron chi connectivity index (χ4n) is 5.57. The Bertz CT molecular complexity index is 1100. The third kappa shape index (κ3) is 5.83. The van der Waals surface area contributed by atoms with Crippen molar-refractivity contribution in [2.24, 2.45) is 5.73 Å². The molecule has 1 aromatic heterocycles. The van der Waals surface area contributed by atoms with Crippen molar-refractivity contribution in [3.8, 4) is 5.88 Å². The molecule has 1 aromatic carbocycles. The number of anilines is 3. The minimum absolute atomic E-state index is 0.144. The van der Waals surface area contributed by atoms with Gasteiger partial charge in [0.25, 0.3) is 5.91 Å². The molecule has 9 heteroatoms. The highest BCUT2D eigenvalue weighted by atomic mass is 16.5. The van der Waals surface area contributed by atoms with Crippen LogP contribution in [0.3, 0.4) is 0 Å². The maximum absolute atomic E-state index is 12.2. The molecule has 3 aliphatic rings. The number of nitrogens with one attached hydrogen (secondary N) is 1. The van der Waals surface area contributed by atoms with Crippen molar-refractivity contribution >= 4 is 23.1 Å². The van der Waals surface area contributed by atoms with E-state index in [0.29, 0.717) is 29.9 Å². The van der Waals surface area contributed by atoms with Gasteiger partial charge in [-0.15, -0.1) is 0 Å². The zero-order chi connectivity index (χ0) is 25.9. The van der Waals surface area contributed by atoms with E-state index in [0.717, 1.165) is 31.6 Å². The summed E-state index contributed by atoms with van der Waals surface area (Å²) in [6.45, 7) is 11.0. The summed E-state index contributed by atoms with van der Waals surface area (Å²) >= 11 is 0.